The molecule has 2 aromatic rings. The van der Waals surface area contributed by atoms with Gasteiger partial charge in [0.1, 0.15) is 5.82 Å². The summed E-state index contributed by atoms with van der Waals surface area (Å²) >= 11 is 1.58. The highest BCUT2D eigenvalue weighted by Gasteiger charge is 2.29. The van der Waals surface area contributed by atoms with E-state index in [1.54, 1.807) is 11.8 Å². The van der Waals surface area contributed by atoms with Gasteiger partial charge in [-0.2, -0.15) is 13.2 Å². The summed E-state index contributed by atoms with van der Waals surface area (Å²) in [4.78, 5) is 5.35. The fourth-order valence-corrected chi connectivity index (χ4v) is 2.23. The molecule has 1 aromatic carbocycles. The second kappa shape index (κ2) is 5.75. The van der Waals surface area contributed by atoms with Gasteiger partial charge in [-0.3, -0.25) is 0 Å². The summed E-state index contributed by atoms with van der Waals surface area (Å²) in [5, 5.41) is 3.01. The molecule has 1 heterocycles. The second-order valence-electron chi connectivity index (χ2n) is 4.23. The SMILES string of the molecule is CSc1cc(C)nc(Nc2ccc(C(F)(F)F)cc2)c1. The Kier molecular flexibility index (Phi) is 4.23. The van der Waals surface area contributed by atoms with Gasteiger partial charge in [0.2, 0.25) is 0 Å². The monoisotopic (exact) mass is 298 g/mol. The van der Waals surface area contributed by atoms with Crippen LogP contribution < -0.4 is 5.32 Å². The number of thioether (sulfide) groups is 1. The molecule has 0 saturated heterocycles. The molecule has 0 aliphatic heterocycles. The van der Waals surface area contributed by atoms with Crippen molar-refractivity contribution in [2.75, 3.05) is 11.6 Å². The number of pyridine rings is 1. The van der Waals surface area contributed by atoms with E-state index in [1.807, 2.05) is 25.3 Å². The quantitative estimate of drug-likeness (QED) is 0.818. The number of halogens is 3. The number of alkyl halides is 3. The summed E-state index contributed by atoms with van der Waals surface area (Å²) in [5.41, 5.74) is 0.763. The molecule has 0 spiro atoms. The van der Waals surface area contributed by atoms with Crippen molar-refractivity contribution in [1.82, 2.24) is 4.98 Å². The van der Waals surface area contributed by atoms with Gasteiger partial charge in [0.25, 0.3) is 0 Å². The molecule has 0 saturated carbocycles. The summed E-state index contributed by atoms with van der Waals surface area (Å²) in [6.07, 6.45) is -2.36. The first-order valence-electron chi connectivity index (χ1n) is 5.85. The average Bonchev–Trinajstić information content (AvgIpc) is 2.37. The standard InChI is InChI=1S/C14H13F3N2S/c1-9-7-12(20-2)8-13(18-9)19-11-5-3-10(4-6-11)14(15,16)17/h3-8H,1-2H3,(H,18,19). The molecule has 0 radical (unpaired) electrons. The van der Waals surface area contributed by atoms with E-state index in [4.69, 9.17) is 0 Å². The first-order valence-corrected chi connectivity index (χ1v) is 7.08. The summed E-state index contributed by atoms with van der Waals surface area (Å²) in [6.45, 7) is 1.87. The van der Waals surface area contributed by atoms with Crippen molar-refractivity contribution in [3.05, 3.63) is 47.7 Å². The molecule has 0 aliphatic rings. The topological polar surface area (TPSA) is 24.9 Å². The predicted octanol–water partition coefficient (Wildman–Crippen LogP) is 4.87. The van der Waals surface area contributed by atoms with Crippen molar-refractivity contribution in [2.45, 2.75) is 18.0 Å². The van der Waals surface area contributed by atoms with Crippen LogP contribution in [0.1, 0.15) is 11.3 Å². The average molecular weight is 298 g/mol. The van der Waals surface area contributed by atoms with Gasteiger partial charge in [0, 0.05) is 16.3 Å². The molecule has 6 heteroatoms. The normalized spacial score (nSPS) is 11.4. The number of hydrogen-bond donors (Lipinski definition) is 1. The molecular formula is C14H13F3N2S. The van der Waals surface area contributed by atoms with Crippen LogP contribution >= 0.6 is 11.8 Å². The van der Waals surface area contributed by atoms with Crippen molar-refractivity contribution in [1.29, 1.82) is 0 Å². The Hall–Kier alpha value is -1.69. The van der Waals surface area contributed by atoms with E-state index in [0.29, 0.717) is 11.5 Å². The van der Waals surface area contributed by atoms with Crippen LogP contribution in [0.2, 0.25) is 0 Å². The Morgan fingerprint density at radius 3 is 2.30 bits per heavy atom. The van der Waals surface area contributed by atoms with Crippen LogP contribution in [0.3, 0.4) is 0 Å². The van der Waals surface area contributed by atoms with E-state index >= 15 is 0 Å². The number of hydrogen-bond acceptors (Lipinski definition) is 3. The largest absolute Gasteiger partial charge is 0.416 e. The zero-order valence-electron chi connectivity index (χ0n) is 11.0. The molecule has 20 heavy (non-hydrogen) atoms. The van der Waals surface area contributed by atoms with Crippen molar-refractivity contribution < 1.29 is 13.2 Å². The second-order valence-corrected chi connectivity index (χ2v) is 5.11. The highest BCUT2D eigenvalue weighted by Crippen LogP contribution is 2.30. The molecule has 2 rings (SSSR count). The minimum atomic E-state index is -4.31. The van der Waals surface area contributed by atoms with Crippen molar-refractivity contribution in [3.63, 3.8) is 0 Å². The molecule has 1 aromatic heterocycles. The van der Waals surface area contributed by atoms with Gasteiger partial charge in [-0.05, 0) is 49.6 Å². The highest BCUT2D eigenvalue weighted by molar-refractivity contribution is 7.98. The van der Waals surface area contributed by atoms with Crippen LogP contribution in [0.5, 0.6) is 0 Å². The smallest absolute Gasteiger partial charge is 0.340 e. The molecule has 0 amide bonds. The molecule has 0 bridgehead atoms. The number of nitrogens with zero attached hydrogens (tertiary/aromatic N) is 1. The number of aryl methyl sites for hydroxylation is 1. The molecule has 0 aliphatic carbocycles. The maximum absolute atomic E-state index is 12.5. The fourth-order valence-electron chi connectivity index (χ4n) is 1.71. The molecule has 0 atom stereocenters. The number of nitrogens with one attached hydrogen (secondary N) is 1. The third kappa shape index (κ3) is 3.66. The first-order chi connectivity index (χ1) is 9.38. The Balaban J connectivity index is 2.20. The lowest BCUT2D eigenvalue weighted by atomic mass is 10.2. The number of rotatable bonds is 3. The van der Waals surface area contributed by atoms with Crippen LogP contribution in [-0.2, 0) is 6.18 Å². The number of aromatic nitrogens is 1. The summed E-state index contributed by atoms with van der Waals surface area (Å²) in [7, 11) is 0. The molecule has 0 fully saturated rings. The fraction of sp³-hybridized carbons (Fsp3) is 0.214. The summed E-state index contributed by atoms with van der Waals surface area (Å²) in [5.74, 6) is 0.620. The van der Waals surface area contributed by atoms with Gasteiger partial charge in [0.05, 0.1) is 5.56 Å². The van der Waals surface area contributed by atoms with E-state index in [-0.39, 0.29) is 0 Å². The lowest BCUT2D eigenvalue weighted by Gasteiger charge is -2.10. The number of benzene rings is 1. The van der Waals surface area contributed by atoms with Gasteiger partial charge >= 0.3 is 6.18 Å². The maximum atomic E-state index is 12.5. The Morgan fingerprint density at radius 2 is 1.75 bits per heavy atom. The first kappa shape index (κ1) is 14.7. The van der Waals surface area contributed by atoms with E-state index in [9.17, 15) is 13.2 Å². The Bertz CT molecular complexity index is 594. The van der Waals surface area contributed by atoms with E-state index in [2.05, 4.69) is 10.3 Å². The van der Waals surface area contributed by atoms with Gasteiger partial charge < -0.3 is 5.32 Å². The maximum Gasteiger partial charge on any atom is 0.416 e. The van der Waals surface area contributed by atoms with E-state index in [1.165, 1.54) is 12.1 Å². The molecular weight excluding hydrogens is 285 g/mol. The third-order valence-corrected chi connectivity index (χ3v) is 3.35. The third-order valence-electron chi connectivity index (χ3n) is 2.65. The van der Waals surface area contributed by atoms with E-state index in [0.717, 1.165) is 22.7 Å². The predicted molar refractivity (Wildman–Crippen MR) is 75.5 cm³/mol. The van der Waals surface area contributed by atoms with Gasteiger partial charge in [0.15, 0.2) is 0 Å². The van der Waals surface area contributed by atoms with E-state index < -0.39 is 11.7 Å². The minimum absolute atomic E-state index is 0.572. The summed E-state index contributed by atoms with van der Waals surface area (Å²) in [6, 6.07) is 8.69. The van der Waals surface area contributed by atoms with Crippen molar-refractivity contribution in [2.24, 2.45) is 0 Å². The molecule has 1 N–H and O–H groups in total. The van der Waals surface area contributed by atoms with Crippen LogP contribution in [0.4, 0.5) is 24.7 Å². The van der Waals surface area contributed by atoms with Crippen LogP contribution in [0.25, 0.3) is 0 Å². The molecule has 106 valence electrons. The Morgan fingerprint density at radius 1 is 1.10 bits per heavy atom. The van der Waals surface area contributed by atoms with Crippen LogP contribution in [-0.4, -0.2) is 11.2 Å². The van der Waals surface area contributed by atoms with Crippen molar-refractivity contribution >= 4 is 23.3 Å². The zero-order valence-corrected chi connectivity index (χ0v) is 11.8. The lowest BCUT2D eigenvalue weighted by Crippen LogP contribution is -2.04. The summed E-state index contributed by atoms with van der Waals surface area (Å²) < 4.78 is 37.4. The molecule has 0 unspecified atom stereocenters. The molecule has 2 nitrogen and oxygen atoms in total. The van der Waals surface area contributed by atoms with Crippen molar-refractivity contribution in [3.8, 4) is 0 Å². The van der Waals surface area contributed by atoms with Gasteiger partial charge in [-0.1, -0.05) is 0 Å². The van der Waals surface area contributed by atoms with Crippen LogP contribution in [0, 0.1) is 6.92 Å². The van der Waals surface area contributed by atoms with Crippen LogP contribution in [0.15, 0.2) is 41.3 Å². The zero-order chi connectivity index (χ0) is 14.8. The minimum Gasteiger partial charge on any atom is -0.340 e. The highest BCUT2D eigenvalue weighted by atomic mass is 32.2. The Labute approximate surface area is 119 Å². The number of anilines is 2. The van der Waals surface area contributed by atoms with Gasteiger partial charge in [-0.15, -0.1) is 11.8 Å². The van der Waals surface area contributed by atoms with Gasteiger partial charge in [-0.25, -0.2) is 4.98 Å². The lowest BCUT2D eigenvalue weighted by molar-refractivity contribution is -0.137.